The highest BCUT2D eigenvalue weighted by Crippen LogP contribution is 2.40. The zero-order chi connectivity index (χ0) is 17.1. The number of pyridine rings is 1. The minimum Gasteiger partial charge on any atom is -0.476 e. The van der Waals surface area contributed by atoms with Crippen LogP contribution in [0.5, 0.6) is 5.88 Å². The van der Waals surface area contributed by atoms with Crippen molar-refractivity contribution in [1.82, 2.24) is 9.88 Å². The number of nitrogens with zero attached hydrogens (tertiary/aromatic N) is 2. The van der Waals surface area contributed by atoms with Gasteiger partial charge in [0.1, 0.15) is 0 Å². The molecule has 3 aliphatic heterocycles. The van der Waals surface area contributed by atoms with Gasteiger partial charge in [-0.1, -0.05) is 0 Å². The summed E-state index contributed by atoms with van der Waals surface area (Å²) in [6.07, 6.45) is 6.92. The van der Waals surface area contributed by atoms with Gasteiger partial charge in [0.05, 0.1) is 12.2 Å². The molecule has 0 amide bonds. The van der Waals surface area contributed by atoms with Crippen LogP contribution in [0.3, 0.4) is 0 Å². The lowest BCUT2D eigenvalue weighted by atomic mass is 9.78. The molecule has 25 heavy (non-hydrogen) atoms. The first-order valence-electron chi connectivity index (χ1n) is 9.43. The monoisotopic (exact) mass is 350 g/mol. The molecule has 1 aromatic rings. The van der Waals surface area contributed by atoms with Crippen LogP contribution in [0.1, 0.15) is 32.1 Å². The molecule has 5 nitrogen and oxygen atoms in total. The lowest BCUT2D eigenvalue weighted by Gasteiger charge is -2.56. The van der Waals surface area contributed by atoms with Gasteiger partial charge in [0.2, 0.25) is 5.88 Å². The molecule has 0 bridgehead atoms. The number of likely N-dealkylation sites (tertiary alicyclic amines) is 1. The number of aromatic nitrogens is 1. The van der Waals surface area contributed by atoms with E-state index in [9.17, 15) is 4.39 Å². The molecule has 4 heterocycles. The first kappa shape index (κ1) is 17.2. The molecule has 3 aliphatic rings. The Morgan fingerprint density at radius 1 is 1.24 bits per heavy atom. The largest absolute Gasteiger partial charge is 0.476 e. The van der Waals surface area contributed by atoms with Crippen molar-refractivity contribution in [2.45, 2.75) is 43.7 Å². The number of halogens is 1. The van der Waals surface area contributed by atoms with Gasteiger partial charge in [0, 0.05) is 45.1 Å². The van der Waals surface area contributed by atoms with Gasteiger partial charge in [-0.2, -0.15) is 0 Å². The van der Waals surface area contributed by atoms with Gasteiger partial charge in [0.25, 0.3) is 0 Å². The Morgan fingerprint density at radius 3 is 2.88 bits per heavy atom. The van der Waals surface area contributed by atoms with Crippen LogP contribution in [-0.2, 0) is 9.47 Å². The van der Waals surface area contributed by atoms with Crippen LogP contribution in [0.2, 0.25) is 0 Å². The highest BCUT2D eigenvalue weighted by atomic mass is 19.1. The van der Waals surface area contributed by atoms with Gasteiger partial charge >= 0.3 is 0 Å². The van der Waals surface area contributed by atoms with Gasteiger partial charge < -0.3 is 14.2 Å². The highest BCUT2D eigenvalue weighted by molar-refractivity contribution is 5.12. The molecular formula is C19H27FN2O3. The summed E-state index contributed by atoms with van der Waals surface area (Å²) in [5.41, 5.74) is 0.0392. The number of hydrogen-bond donors (Lipinski definition) is 0. The second kappa shape index (κ2) is 7.56. The minimum atomic E-state index is -0.392. The van der Waals surface area contributed by atoms with E-state index < -0.39 is 5.82 Å². The average molecular weight is 350 g/mol. The Balaban J connectivity index is 1.23. The van der Waals surface area contributed by atoms with E-state index in [0.29, 0.717) is 18.6 Å². The van der Waals surface area contributed by atoms with Crippen molar-refractivity contribution in [2.24, 2.45) is 5.92 Å². The van der Waals surface area contributed by atoms with Crippen LogP contribution in [0.25, 0.3) is 0 Å². The summed E-state index contributed by atoms with van der Waals surface area (Å²) in [6.45, 7) is 5.20. The van der Waals surface area contributed by atoms with Crippen molar-refractivity contribution in [1.29, 1.82) is 0 Å². The van der Waals surface area contributed by atoms with E-state index in [4.69, 9.17) is 14.2 Å². The van der Waals surface area contributed by atoms with Crippen molar-refractivity contribution < 1.29 is 18.6 Å². The molecule has 1 spiro atoms. The van der Waals surface area contributed by atoms with Gasteiger partial charge in [-0.25, -0.2) is 9.37 Å². The fraction of sp³-hybridized carbons (Fsp3) is 0.737. The van der Waals surface area contributed by atoms with E-state index >= 15 is 0 Å². The molecule has 4 rings (SSSR count). The molecule has 0 aromatic carbocycles. The van der Waals surface area contributed by atoms with Crippen molar-refractivity contribution in [3.8, 4) is 5.88 Å². The third-order valence-electron chi connectivity index (χ3n) is 5.77. The summed E-state index contributed by atoms with van der Waals surface area (Å²) in [4.78, 5) is 6.50. The number of rotatable bonds is 5. The smallest absolute Gasteiger partial charge is 0.250 e. The molecule has 0 aliphatic carbocycles. The van der Waals surface area contributed by atoms with Crippen LogP contribution in [0.15, 0.2) is 18.3 Å². The van der Waals surface area contributed by atoms with E-state index in [-0.39, 0.29) is 11.5 Å². The Bertz CT molecular complexity index is 574. The summed E-state index contributed by atoms with van der Waals surface area (Å²) in [5.74, 6) is 0.299. The lowest BCUT2D eigenvalue weighted by Crippen LogP contribution is -2.68. The van der Waals surface area contributed by atoms with Crippen LogP contribution >= 0.6 is 0 Å². The maximum absolute atomic E-state index is 13.5. The van der Waals surface area contributed by atoms with Crippen LogP contribution in [-0.4, -0.2) is 61.0 Å². The van der Waals surface area contributed by atoms with E-state index in [1.54, 1.807) is 12.3 Å². The average Bonchev–Trinajstić information content (AvgIpc) is 2.62. The fourth-order valence-corrected chi connectivity index (χ4v) is 4.40. The Hall–Kier alpha value is -1.24. The Kier molecular flexibility index (Phi) is 5.20. The second-order valence-corrected chi connectivity index (χ2v) is 7.57. The molecule has 0 radical (unpaired) electrons. The number of ether oxygens (including phenoxy) is 3. The van der Waals surface area contributed by atoms with Crippen molar-refractivity contribution >= 4 is 0 Å². The summed E-state index contributed by atoms with van der Waals surface area (Å²) < 4.78 is 30.7. The normalized spacial score (nSPS) is 27.2. The first-order chi connectivity index (χ1) is 12.2. The highest BCUT2D eigenvalue weighted by Gasteiger charge is 2.49. The molecule has 3 saturated heterocycles. The third kappa shape index (κ3) is 3.96. The summed E-state index contributed by atoms with van der Waals surface area (Å²) in [7, 11) is 0. The molecule has 1 atom stereocenters. The summed E-state index contributed by atoms with van der Waals surface area (Å²) in [6, 6.07) is 3.62. The molecule has 1 aromatic heterocycles. The molecule has 138 valence electrons. The van der Waals surface area contributed by atoms with E-state index in [1.807, 2.05) is 0 Å². The van der Waals surface area contributed by atoms with Crippen LogP contribution < -0.4 is 4.74 Å². The van der Waals surface area contributed by atoms with Crippen LogP contribution in [0, 0.1) is 11.7 Å². The molecule has 0 unspecified atom stereocenters. The van der Waals surface area contributed by atoms with Crippen molar-refractivity contribution in [3.05, 3.63) is 24.1 Å². The first-order valence-corrected chi connectivity index (χ1v) is 9.43. The molecule has 3 fully saturated rings. The number of hydrogen-bond acceptors (Lipinski definition) is 5. The summed E-state index contributed by atoms with van der Waals surface area (Å²) >= 11 is 0. The van der Waals surface area contributed by atoms with E-state index in [2.05, 4.69) is 9.88 Å². The molecular weight excluding hydrogens is 323 g/mol. The maximum atomic E-state index is 13.5. The zero-order valence-electron chi connectivity index (χ0n) is 14.7. The maximum Gasteiger partial charge on any atom is 0.250 e. The molecule has 0 N–H and O–H groups in total. The van der Waals surface area contributed by atoms with E-state index in [1.165, 1.54) is 6.07 Å². The van der Waals surface area contributed by atoms with Gasteiger partial charge in [-0.05, 0) is 50.2 Å². The predicted octanol–water partition coefficient (Wildman–Crippen LogP) is 2.65. The van der Waals surface area contributed by atoms with Crippen LogP contribution in [0.4, 0.5) is 4.39 Å². The fourth-order valence-electron chi connectivity index (χ4n) is 4.40. The SMILES string of the molecule is Fc1cccnc1OCC[C@@H]1CCOC2(C1)CN(C1CCOCC1)C2. The predicted molar refractivity (Wildman–Crippen MR) is 91.1 cm³/mol. The van der Waals surface area contributed by atoms with Gasteiger partial charge in [-0.15, -0.1) is 0 Å². The molecule has 6 heteroatoms. The lowest BCUT2D eigenvalue weighted by molar-refractivity contribution is -0.195. The topological polar surface area (TPSA) is 43.8 Å². The zero-order valence-corrected chi connectivity index (χ0v) is 14.7. The standard InChI is InChI=1S/C19H27FN2O3/c20-17-2-1-7-21-18(17)24-10-3-15-4-11-25-19(12-15)13-22(14-19)16-5-8-23-9-6-16/h1-2,7,15-16H,3-6,8-14H2/t15-/m1/s1. The van der Waals surface area contributed by atoms with Gasteiger partial charge in [0.15, 0.2) is 5.82 Å². The third-order valence-corrected chi connectivity index (χ3v) is 5.77. The minimum absolute atomic E-state index is 0.0392. The van der Waals surface area contributed by atoms with E-state index in [0.717, 1.165) is 65.0 Å². The second-order valence-electron chi connectivity index (χ2n) is 7.57. The Morgan fingerprint density at radius 2 is 2.08 bits per heavy atom. The Labute approximate surface area is 148 Å². The molecule has 0 saturated carbocycles. The van der Waals surface area contributed by atoms with Crippen molar-refractivity contribution in [2.75, 3.05) is 39.5 Å². The van der Waals surface area contributed by atoms with Crippen molar-refractivity contribution in [3.63, 3.8) is 0 Å². The quantitative estimate of drug-likeness (QED) is 0.817. The summed E-state index contributed by atoms with van der Waals surface area (Å²) in [5, 5.41) is 0. The van der Waals surface area contributed by atoms with Gasteiger partial charge in [-0.3, -0.25) is 4.90 Å².